The highest BCUT2D eigenvalue weighted by Crippen LogP contribution is 2.47. The average Bonchev–Trinajstić information content (AvgIpc) is 3.40. The molecule has 0 spiro atoms. The maximum atomic E-state index is 13.1. The van der Waals surface area contributed by atoms with E-state index < -0.39 is 33.5 Å². The van der Waals surface area contributed by atoms with E-state index in [9.17, 15) is 31.6 Å². The Morgan fingerprint density at radius 1 is 0.829 bits per heavy atom. The predicted molar refractivity (Wildman–Crippen MR) is 144 cm³/mol. The van der Waals surface area contributed by atoms with Crippen molar-refractivity contribution >= 4 is 79.5 Å². The third kappa shape index (κ3) is 6.16. The number of halogens is 10. The van der Waals surface area contributed by atoms with Crippen LogP contribution in [0.1, 0.15) is 16.7 Å². The van der Waals surface area contributed by atoms with Crippen molar-refractivity contribution in [3.05, 3.63) is 78.7 Å². The Bertz CT molecular complexity index is 1720. The molecule has 0 saturated heterocycles. The van der Waals surface area contributed by atoms with Gasteiger partial charge in [0.15, 0.2) is 0 Å². The van der Waals surface area contributed by atoms with E-state index in [-0.39, 0.29) is 48.5 Å². The summed E-state index contributed by atoms with van der Waals surface area (Å²) in [6.45, 7) is 7.48. The van der Waals surface area contributed by atoms with E-state index in [1.807, 2.05) is 6.07 Å². The van der Waals surface area contributed by atoms with Crippen molar-refractivity contribution in [1.29, 1.82) is 5.26 Å². The molecule has 0 bridgehead atoms. The SMILES string of the molecule is [C-]#[N+]c1c(SSc2nn(-c3c(Cl)cc(C(F)(F)F)cc3Cl)cc2C#N)nn(-c2c(Cl)cc(C(F)(F)F)cc2Cl)c1N. The lowest BCUT2D eigenvalue weighted by molar-refractivity contribution is -0.138. The molecule has 19 heteroatoms. The van der Waals surface area contributed by atoms with Crippen molar-refractivity contribution in [3.8, 4) is 17.4 Å². The molecule has 0 radical (unpaired) electrons. The van der Waals surface area contributed by atoms with Gasteiger partial charge in [-0.2, -0.15) is 41.8 Å². The second-order valence-corrected chi connectivity index (χ2v) is 11.4. The lowest BCUT2D eigenvalue weighted by atomic mass is 10.2. The fourth-order valence-electron chi connectivity index (χ4n) is 3.30. The van der Waals surface area contributed by atoms with Gasteiger partial charge in [-0.1, -0.05) is 46.4 Å². The van der Waals surface area contributed by atoms with E-state index in [0.717, 1.165) is 31.0 Å². The summed E-state index contributed by atoms with van der Waals surface area (Å²) >= 11 is 24.2. The highest BCUT2D eigenvalue weighted by Gasteiger charge is 2.34. The summed E-state index contributed by atoms with van der Waals surface area (Å²) < 4.78 is 80.6. The normalized spacial score (nSPS) is 11.9. The third-order valence-electron chi connectivity index (χ3n) is 5.11. The number of nitrogens with two attached hydrogens (primary N) is 1. The summed E-state index contributed by atoms with van der Waals surface area (Å²) in [7, 11) is 1.64. The van der Waals surface area contributed by atoms with Crippen molar-refractivity contribution in [2.45, 2.75) is 22.4 Å². The largest absolute Gasteiger partial charge is 0.416 e. The molecule has 0 amide bonds. The van der Waals surface area contributed by atoms with Gasteiger partial charge in [0.05, 0.1) is 37.8 Å². The van der Waals surface area contributed by atoms with Crippen LogP contribution in [0.4, 0.5) is 37.8 Å². The molecule has 2 aromatic carbocycles. The molecule has 4 aromatic rings. The summed E-state index contributed by atoms with van der Waals surface area (Å²) in [5.74, 6) is -0.277. The quantitative estimate of drug-likeness (QED) is 0.128. The van der Waals surface area contributed by atoms with Gasteiger partial charge < -0.3 is 5.73 Å². The van der Waals surface area contributed by atoms with Gasteiger partial charge in [-0.15, -0.1) is 0 Å². The van der Waals surface area contributed by atoms with E-state index in [1.54, 1.807) is 0 Å². The van der Waals surface area contributed by atoms with Crippen LogP contribution in [0.3, 0.4) is 0 Å². The molecule has 41 heavy (non-hydrogen) atoms. The Morgan fingerprint density at radius 2 is 1.29 bits per heavy atom. The Labute approximate surface area is 253 Å². The molecule has 212 valence electrons. The van der Waals surface area contributed by atoms with Crippen molar-refractivity contribution < 1.29 is 26.3 Å². The van der Waals surface area contributed by atoms with Crippen LogP contribution < -0.4 is 5.73 Å². The second-order valence-electron chi connectivity index (χ2n) is 7.71. The van der Waals surface area contributed by atoms with Crippen LogP contribution in [0.2, 0.25) is 20.1 Å². The summed E-state index contributed by atoms with van der Waals surface area (Å²) in [5.41, 5.74) is 3.31. The van der Waals surface area contributed by atoms with E-state index >= 15 is 0 Å². The van der Waals surface area contributed by atoms with E-state index in [2.05, 4.69) is 15.0 Å². The summed E-state index contributed by atoms with van der Waals surface area (Å²) in [5, 5.41) is 16.3. The minimum absolute atomic E-state index is 0.0277. The molecule has 2 heterocycles. The Hall–Kier alpha value is -2.92. The number of aromatic nitrogens is 4. The fourth-order valence-corrected chi connectivity index (χ4v) is 6.60. The van der Waals surface area contributed by atoms with Crippen LogP contribution in [0, 0.1) is 17.9 Å². The molecule has 0 saturated carbocycles. The summed E-state index contributed by atoms with van der Waals surface area (Å²) in [6, 6.07) is 4.46. The number of anilines is 1. The zero-order chi connectivity index (χ0) is 30.4. The van der Waals surface area contributed by atoms with Crippen LogP contribution in [0.25, 0.3) is 16.2 Å². The second kappa shape index (κ2) is 11.4. The van der Waals surface area contributed by atoms with Crippen molar-refractivity contribution in [1.82, 2.24) is 19.6 Å². The topological polar surface area (TPSA) is 89.8 Å². The number of hydrogen-bond donors (Lipinski definition) is 1. The van der Waals surface area contributed by atoms with Crippen molar-refractivity contribution in [2.75, 3.05) is 5.73 Å². The number of alkyl halides is 6. The first-order chi connectivity index (χ1) is 19.1. The molecule has 0 unspecified atom stereocenters. The highest BCUT2D eigenvalue weighted by molar-refractivity contribution is 8.76. The third-order valence-corrected chi connectivity index (χ3v) is 8.43. The maximum Gasteiger partial charge on any atom is 0.416 e. The number of nitrogens with zero attached hydrogens (tertiary/aromatic N) is 6. The van der Waals surface area contributed by atoms with Crippen LogP contribution in [0.15, 0.2) is 40.5 Å². The molecule has 2 aromatic heterocycles. The van der Waals surface area contributed by atoms with Crippen LogP contribution in [0.5, 0.6) is 0 Å². The number of nitrogen functional groups attached to an aromatic ring is 1. The molecule has 0 atom stereocenters. The van der Waals surface area contributed by atoms with Crippen LogP contribution in [-0.4, -0.2) is 19.6 Å². The zero-order valence-corrected chi connectivity index (χ0v) is 23.9. The van der Waals surface area contributed by atoms with Gasteiger partial charge in [-0.25, -0.2) is 14.2 Å². The molecule has 0 aliphatic carbocycles. The summed E-state index contributed by atoms with van der Waals surface area (Å²) in [4.78, 5) is 3.32. The minimum atomic E-state index is -4.72. The van der Waals surface area contributed by atoms with Gasteiger partial charge in [0.25, 0.3) is 5.69 Å². The Balaban J connectivity index is 1.69. The zero-order valence-electron chi connectivity index (χ0n) is 19.2. The highest BCUT2D eigenvalue weighted by atomic mass is 35.5. The van der Waals surface area contributed by atoms with E-state index in [1.165, 1.54) is 6.20 Å². The van der Waals surface area contributed by atoms with Gasteiger partial charge in [0.2, 0.25) is 0 Å². The van der Waals surface area contributed by atoms with Gasteiger partial charge in [0, 0.05) is 6.20 Å². The molecule has 7 nitrogen and oxygen atoms in total. The van der Waals surface area contributed by atoms with E-state index in [0.29, 0.717) is 24.3 Å². The average molecular weight is 689 g/mol. The first-order valence-electron chi connectivity index (χ1n) is 10.3. The van der Waals surface area contributed by atoms with Crippen molar-refractivity contribution in [3.63, 3.8) is 0 Å². The van der Waals surface area contributed by atoms with Gasteiger partial charge >= 0.3 is 12.4 Å². The smallest absolute Gasteiger partial charge is 0.392 e. The standard InChI is InChI=1S/C22H7Cl4F6N7S2/c1-35-15-18(34)39(17-13(25)4-10(5-14(17)26)22(30,31)32)37-20(15)41-40-19-8(6-33)7-38(36-19)16-11(23)2-9(3-12(16)24)21(27,28)29/h2-5,7H,34H2. The molecule has 4 rings (SSSR count). The molecule has 2 N–H and O–H groups in total. The monoisotopic (exact) mass is 687 g/mol. The predicted octanol–water partition coefficient (Wildman–Crippen LogP) is 9.51. The number of hydrogen-bond acceptors (Lipinski definition) is 6. The van der Waals surface area contributed by atoms with Crippen LogP contribution >= 0.6 is 68.0 Å². The number of rotatable bonds is 5. The first kappa shape index (κ1) is 31.0. The lowest BCUT2D eigenvalue weighted by Gasteiger charge is -2.13. The van der Waals surface area contributed by atoms with E-state index in [4.69, 9.17) is 58.7 Å². The molecular weight excluding hydrogens is 682 g/mol. The van der Waals surface area contributed by atoms with Gasteiger partial charge in [0.1, 0.15) is 38.9 Å². The Morgan fingerprint density at radius 3 is 1.73 bits per heavy atom. The minimum Gasteiger partial charge on any atom is -0.392 e. The molecule has 0 fully saturated rings. The van der Waals surface area contributed by atoms with Gasteiger partial charge in [-0.3, -0.25) is 0 Å². The Kier molecular flexibility index (Phi) is 8.62. The molecular formula is C22H7Cl4F6N7S2. The van der Waals surface area contributed by atoms with Crippen LogP contribution in [-0.2, 0) is 12.4 Å². The van der Waals surface area contributed by atoms with Gasteiger partial charge in [-0.05, 0) is 45.9 Å². The fraction of sp³-hybridized carbons (Fsp3) is 0.0909. The first-order valence-corrected chi connectivity index (χ1v) is 14.0. The molecule has 0 aliphatic heterocycles. The number of benzene rings is 2. The summed E-state index contributed by atoms with van der Waals surface area (Å²) in [6.07, 6.45) is -8.24. The lowest BCUT2D eigenvalue weighted by Crippen LogP contribution is -2.08. The van der Waals surface area contributed by atoms with Crippen molar-refractivity contribution in [2.24, 2.45) is 0 Å². The number of nitriles is 1. The molecule has 0 aliphatic rings. The maximum absolute atomic E-state index is 13.1.